The van der Waals surface area contributed by atoms with Crippen molar-refractivity contribution in [1.29, 1.82) is 0 Å². The summed E-state index contributed by atoms with van der Waals surface area (Å²) in [6.45, 7) is 0. The van der Waals surface area contributed by atoms with E-state index in [0.717, 1.165) is 0 Å². The first-order chi connectivity index (χ1) is 8.49. The van der Waals surface area contributed by atoms with E-state index in [0.29, 0.717) is 5.69 Å². The number of nitrogens with two attached hydrogens (primary N) is 2. The van der Waals surface area contributed by atoms with Gasteiger partial charge in [-0.1, -0.05) is 0 Å². The summed E-state index contributed by atoms with van der Waals surface area (Å²) in [6, 6.07) is 4.13. The number of benzene rings is 1. The molecule has 0 atom stereocenters. The molecule has 0 aliphatic heterocycles. The van der Waals surface area contributed by atoms with Crippen LogP contribution in [0.5, 0.6) is 0 Å². The minimum atomic E-state index is -0.708. The lowest BCUT2D eigenvalue weighted by Gasteiger charge is -2.04. The molecule has 1 aromatic carbocycles. The molecule has 92 valence electrons. The summed E-state index contributed by atoms with van der Waals surface area (Å²) >= 11 is 0. The molecule has 1 aromatic heterocycles. The normalized spacial score (nSPS) is 10.2. The first-order valence-corrected chi connectivity index (χ1v) is 4.87. The first kappa shape index (κ1) is 11.6. The second-order valence-electron chi connectivity index (χ2n) is 3.54. The second kappa shape index (κ2) is 4.17. The number of nitro groups is 1. The maximum absolute atomic E-state index is 10.9. The van der Waals surface area contributed by atoms with E-state index in [2.05, 4.69) is 4.98 Å². The third-order valence-corrected chi connectivity index (χ3v) is 2.31. The summed E-state index contributed by atoms with van der Waals surface area (Å²) in [5.74, 6) is -0.708. The Hall–Kier alpha value is -2.90. The van der Waals surface area contributed by atoms with Crippen molar-refractivity contribution in [1.82, 2.24) is 9.55 Å². The highest BCUT2D eigenvalue weighted by molar-refractivity contribution is 5.90. The molecular weight excluding hydrogens is 238 g/mol. The molecule has 8 heteroatoms. The number of nitrogens with zero attached hydrogens (tertiary/aromatic N) is 3. The van der Waals surface area contributed by atoms with Crippen LogP contribution in [0.2, 0.25) is 0 Å². The quantitative estimate of drug-likeness (QED) is 0.462. The molecule has 0 spiro atoms. The summed E-state index contributed by atoms with van der Waals surface area (Å²) in [6.07, 6.45) is 2.58. The van der Waals surface area contributed by atoms with Crippen molar-refractivity contribution in [2.45, 2.75) is 0 Å². The highest BCUT2D eigenvalue weighted by atomic mass is 16.6. The first-order valence-electron chi connectivity index (χ1n) is 4.87. The van der Waals surface area contributed by atoms with Gasteiger partial charge in [-0.15, -0.1) is 0 Å². The van der Waals surface area contributed by atoms with E-state index in [4.69, 9.17) is 11.5 Å². The van der Waals surface area contributed by atoms with E-state index in [1.54, 1.807) is 0 Å². The third kappa shape index (κ3) is 1.98. The zero-order valence-electron chi connectivity index (χ0n) is 9.11. The lowest BCUT2D eigenvalue weighted by Crippen LogP contribution is -2.11. The number of imidazole rings is 1. The minimum Gasteiger partial charge on any atom is -0.399 e. The van der Waals surface area contributed by atoms with Gasteiger partial charge >= 0.3 is 0 Å². The van der Waals surface area contributed by atoms with Crippen LogP contribution in [-0.2, 0) is 0 Å². The predicted molar refractivity (Wildman–Crippen MR) is 63.1 cm³/mol. The van der Waals surface area contributed by atoms with Crippen LogP contribution >= 0.6 is 0 Å². The molecule has 8 nitrogen and oxygen atoms in total. The number of hydrogen-bond donors (Lipinski definition) is 2. The van der Waals surface area contributed by atoms with Crippen molar-refractivity contribution < 1.29 is 9.72 Å². The third-order valence-electron chi connectivity index (χ3n) is 2.31. The van der Waals surface area contributed by atoms with Gasteiger partial charge in [0.1, 0.15) is 17.7 Å². The van der Waals surface area contributed by atoms with E-state index >= 15 is 0 Å². The minimum absolute atomic E-state index is 0.0201. The van der Waals surface area contributed by atoms with Crippen LogP contribution in [0.1, 0.15) is 10.5 Å². The van der Waals surface area contributed by atoms with E-state index < -0.39 is 10.8 Å². The Morgan fingerprint density at radius 1 is 1.44 bits per heavy atom. The molecule has 0 aliphatic rings. The van der Waals surface area contributed by atoms with E-state index in [9.17, 15) is 14.9 Å². The van der Waals surface area contributed by atoms with E-state index in [1.807, 2.05) is 0 Å². The van der Waals surface area contributed by atoms with Gasteiger partial charge in [0.15, 0.2) is 0 Å². The van der Waals surface area contributed by atoms with Crippen LogP contribution in [0.25, 0.3) is 5.69 Å². The van der Waals surface area contributed by atoms with Crippen LogP contribution < -0.4 is 11.5 Å². The average molecular weight is 247 g/mol. The smallest absolute Gasteiger partial charge is 0.293 e. The Bertz CT molecular complexity index is 634. The molecule has 0 aliphatic carbocycles. The Morgan fingerprint density at radius 3 is 2.72 bits per heavy atom. The molecule has 0 saturated carbocycles. The van der Waals surface area contributed by atoms with Gasteiger partial charge in [-0.2, -0.15) is 0 Å². The molecule has 1 heterocycles. The molecule has 2 rings (SSSR count). The van der Waals surface area contributed by atoms with E-state index in [1.165, 1.54) is 35.3 Å². The Balaban J connectivity index is 2.57. The molecule has 18 heavy (non-hydrogen) atoms. The molecule has 2 aromatic rings. The van der Waals surface area contributed by atoms with Crippen molar-refractivity contribution in [3.8, 4) is 5.69 Å². The Morgan fingerprint density at radius 2 is 2.17 bits per heavy atom. The number of anilines is 1. The van der Waals surface area contributed by atoms with E-state index in [-0.39, 0.29) is 17.1 Å². The van der Waals surface area contributed by atoms with Crippen molar-refractivity contribution in [3.63, 3.8) is 0 Å². The van der Waals surface area contributed by atoms with Gasteiger partial charge in [-0.3, -0.25) is 19.5 Å². The summed E-state index contributed by atoms with van der Waals surface area (Å²) in [5.41, 5.74) is 11.1. The van der Waals surface area contributed by atoms with Crippen molar-refractivity contribution >= 4 is 17.3 Å². The highest BCUT2D eigenvalue weighted by Gasteiger charge is 2.16. The number of nitro benzene ring substituents is 1. The molecule has 0 unspecified atom stereocenters. The number of carbonyl (C=O) groups is 1. The van der Waals surface area contributed by atoms with Crippen LogP contribution in [0.15, 0.2) is 30.7 Å². The summed E-state index contributed by atoms with van der Waals surface area (Å²) < 4.78 is 1.33. The second-order valence-corrected chi connectivity index (χ2v) is 3.54. The van der Waals surface area contributed by atoms with Gasteiger partial charge in [0, 0.05) is 18.0 Å². The largest absolute Gasteiger partial charge is 0.399 e. The highest BCUT2D eigenvalue weighted by Crippen LogP contribution is 2.25. The molecule has 0 radical (unpaired) electrons. The number of aromatic nitrogens is 2. The molecule has 0 fully saturated rings. The van der Waals surface area contributed by atoms with Crippen LogP contribution in [0.3, 0.4) is 0 Å². The molecule has 0 saturated heterocycles. The SMILES string of the molecule is NC(=O)c1cn(-c2cc(N)ccc2[N+](=O)[O-])cn1. The molecular formula is C10H9N5O3. The predicted octanol–water partition coefficient (Wildman–Crippen LogP) is 0.462. The maximum atomic E-state index is 10.9. The average Bonchev–Trinajstić information content (AvgIpc) is 2.77. The number of nitrogen functional groups attached to an aromatic ring is 1. The van der Waals surface area contributed by atoms with Crippen molar-refractivity contribution in [2.75, 3.05) is 5.73 Å². The summed E-state index contributed by atoms with van der Waals surface area (Å²) in [4.78, 5) is 25.0. The topological polar surface area (TPSA) is 130 Å². The van der Waals surface area contributed by atoms with Gasteiger partial charge < -0.3 is 11.5 Å². The molecule has 0 bridgehead atoms. The van der Waals surface area contributed by atoms with Crippen LogP contribution in [-0.4, -0.2) is 20.4 Å². The van der Waals surface area contributed by atoms with Gasteiger partial charge in [0.2, 0.25) is 0 Å². The van der Waals surface area contributed by atoms with Gasteiger partial charge in [0.25, 0.3) is 11.6 Å². The van der Waals surface area contributed by atoms with Crippen molar-refractivity contribution in [2.24, 2.45) is 5.73 Å². The standard InChI is InChI=1S/C10H9N5O3/c11-6-1-2-8(15(17)18)9(3-6)14-4-7(10(12)16)13-5-14/h1-5H,11H2,(H2,12,16). The fourth-order valence-corrected chi connectivity index (χ4v) is 1.48. The summed E-state index contributed by atoms with van der Waals surface area (Å²) in [7, 11) is 0. The number of rotatable bonds is 3. The maximum Gasteiger partial charge on any atom is 0.293 e. The van der Waals surface area contributed by atoms with Crippen molar-refractivity contribution in [3.05, 3.63) is 46.5 Å². The Kier molecular flexibility index (Phi) is 2.68. The summed E-state index contributed by atoms with van der Waals surface area (Å²) in [5, 5.41) is 10.9. The van der Waals surface area contributed by atoms with Crippen LogP contribution in [0, 0.1) is 10.1 Å². The van der Waals surface area contributed by atoms with Gasteiger partial charge in [-0.25, -0.2) is 4.98 Å². The Labute approximate surface area is 101 Å². The fourth-order valence-electron chi connectivity index (χ4n) is 1.48. The molecule has 4 N–H and O–H groups in total. The lowest BCUT2D eigenvalue weighted by molar-refractivity contribution is -0.384. The monoisotopic (exact) mass is 247 g/mol. The number of primary amides is 1. The number of carbonyl (C=O) groups excluding carboxylic acids is 1. The van der Waals surface area contributed by atoms with Gasteiger partial charge in [0.05, 0.1) is 4.92 Å². The fraction of sp³-hybridized carbons (Fsp3) is 0. The molecule has 1 amide bonds. The zero-order chi connectivity index (χ0) is 13.3. The number of amides is 1. The van der Waals surface area contributed by atoms with Gasteiger partial charge in [-0.05, 0) is 12.1 Å². The van der Waals surface area contributed by atoms with Crippen LogP contribution in [0.4, 0.5) is 11.4 Å². The zero-order valence-corrected chi connectivity index (χ0v) is 9.11. The number of hydrogen-bond acceptors (Lipinski definition) is 5. The lowest BCUT2D eigenvalue weighted by atomic mass is 10.2.